The molecule has 5 nitrogen and oxygen atoms in total. The third kappa shape index (κ3) is 3.11. The van der Waals surface area contributed by atoms with Crippen LogP contribution in [0.4, 0.5) is 4.39 Å². The predicted molar refractivity (Wildman–Crippen MR) is 79.7 cm³/mol. The molecule has 2 rings (SSSR count). The fourth-order valence-corrected chi connectivity index (χ4v) is 4.40. The normalized spacial score (nSPS) is 23.9. The van der Waals surface area contributed by atoms with Crippen LogP contribution in [0.15, 0.2) is 23.1 Å². The van der Waals surface area contributed by atoms with Crippen molar-refractivity contribution in [1.82, 2.24) is 9.21 Å². The van der Waals surface area contributed by atoms with Crippen molar-refractivity contribution in [2.24, 2.45) is 11.7 Å². The fraction of sp³-hybridized carbons (Fsp3) is 0.571. The van der Waals surface area contributed by atoms with Crippen molar-refractivity contribution in [1.29, 1.82) is 0 Å². The molecule has 2 atom stereocenters. The van der Waals surface area contributed by atoms with Gasteiger partial charge in [0.1, 0.15) is 5.82 Å². The number of nitrogens with zero attached hydrogens (tertiary/aromatic N) is 2. The van der Waals surface area contributed by atoms with Gasteiger partial charge in [-0.2, -0.15) is 4.31 Å². The SMILES string of the molecule is CC1CN(S(=O)(=O)c2ccc(F)c(CN)c2)CC1N(C)C. The average molecular weight is 315 g/mol. The lowest BCUT2D eigenvalue weighted by molar-refractivity contribution is 0.263. The Labute approximate surface area is 125 Å². The molecule has 1 heterocycles. The maximum Gasteiger partial charge on any atom is 0.243 e. The second kappa shape index (κ2) is 6.00. The largest absolute Gasteiger partial charge is 0.326 e. The maximum absolute atomic E-state index is 13.5. The van der Waals surface area contributed by atoms with Gasteiger partial charge in [0.05, 0.1) is 4.90 Å². The molecule has 1 aliphatic heterocycles. The van der Waals surface area contributed by atoms with E-state index < -0.39 is 15.8 Å². The number of sulfonamides is 1. The highest BCUT2D eigenvalue weighted by Crippen LogP contribution is 2.27. The van der Waals surface area contributed by atoms with Gasteiger partial charge in [0, 0.05) is 31.2 Å². The summed E-state index contributed by atoms with van der Waals surface area (Å²) in [6.45, 7) is 2.94. The van der Waals surface area contributed by atoms with Crippen LogP contribution in [0, 0.1) is 11.7 Å². The van der Waals surface area contributed by atoms with Gasteiger partial charge >= 0.3 is 0 Å². The summed E-state index contributed by atoms with van der Waals surface area (Å²) in [4.78, 5) is 2.15. The van der Waals surface area contributed by atoms with Crippen molar-refractivity contribution in [3.63, 3.8) is 0 Å². The quantitative estimate of drug-likeness (QED) is 0.895. The summed E-state index contributed by atoms with van der Waals surface area (Å²) in [5, 5.41) is 0. The Morgan fingerprint density at radius 2 is 2.05 bits per heavy atom. The molecule has 1 aliphatic rings. The molecule has 2 N–H and O–H groups in total. The van der Waals surface area contributed by atoms with Crippen LogP contribution in [0.25, 0.3) is 0 Å². The van der Waals surface area contributed by atoms with E-state index in [2.05, 4.69) is 0 Å². The second-order valence-corrected chi connectivity index (χ2v) is 7.73. The number of nitrogens with two attached hydrogens (primary N) is 1. The summed E-state index contributed by atoms with van der Waals surface area (Å²) < 4.78 is 40.3. The van der Waals surface area contributed by atoms with Crippen molar-refractivity contribution in [2.45, 2.75) is 24.4 Å². The zero-order chi connectivity index (χ0) is 15.8. The van der Waals surface area contributed by atoms with Gasteiger partial charge in [-0.1, -0.05) is 6.92 Å². The lowest BCUT2D eigenvalue weighted by atomic mass is 10.1. The lowest BCUT2D eigenvalue weighted by Crippen LogP contribution is -2.35. The van der Waals surface area contributed by atoms with Crippen molar-refractivity contribution < 1.29 is 12.8 Å². The van der Waals surface area contributed by atoms with E-state index in [4.69, 9.17) is 5.73 Å². The third-order valence-corrected chi connectivity index (χ3v) is 5.90. The second-order valence-electron chi connectivity index (χ2n) is 5.79. The molecule has 1 saturated heterocycles. The Morgan fingerprint density at radius 1 is 1.38 bits per heavy atom. The van der Waals surface area contributed by atoms with Gasteiger partial charge in [-0.15, -0.1) is 0 Å². The number of hydrogen-bond donors (Lipinski definition) is 1. The number of halogens is 1. The Hall–Kier alpha value is -1.02. The topological polar surface area (TPSA) is 66.6 Å². The first-order valence-corrected chi connectivity index (χ1v) is 8.36. The van der Waals surface area contributed by atoms with E-state index in [-0.39, 0.29) is 29.0 Å². The summed E-state index contributed by atoms with van der Waals surface area (Å²) in [5.74, 6) is -0.221. The zero-order valence-electron chi connectivity index (χ0n) is 12.6. The van der Waals surface area contributed by atoms with Gasteiger partial charge in [0.15, 0.2) is 0 Å². The minimum atomic E-state index is -3.60. The average Bonchev–Trinajstić information content (AvgIpc) is 2.82. The lowest BCUT2D eigenvalue weighted by Gasteiger charge is -2.22. The highest BCUT2D eigenvalue weighted by atomic mass is 32.2. The standard InChI is InChI=1S/C14H22FN3O2S/c1-10-8-18(9-14(10)17(2)3)21(19,20)12-4-5-13(15)11(6-12)7-16/h4-6,10,14H,7-9,16H2,1-3H3. The molecule has 118 valence electrons. The summed E-state index contributed by atoms with van der Waals surface area (Å²) in [6.07, 6.45) is 0. The molecule has 1 aromatic rings. The van der Waals surface area contributed by atoms with Gasteiger partial charge in [-0.25, -0.2) is 12.8 Å². The highest BCUT2D eigenvalue weighted by molar-refractivity contribution is 7.89. The van der Waals surface area contributed by atoms with E-state index in [1.807, 2.05) is 25.9 Å². The van der Waals surface area contributed by atoms with Crippen LogP contribution in [0.3, 0.4) is 0 Å². The van der Waals surface area contributed by atoms with Crippen LogP contribution < -0.4 is 5.73 Å². The van der Waals surface area contributed by atoms with Gasteiger partial charge in [0.25, 0.3) is 0 Å². The number of rotatable bonds is 4. The Bertz CT molecular complexity index is 619. The smallest absolute Gasteiger partial charge is 0.243 e. The molecule has 0 saturated carbocycles. The van der Waals surface area contributed by atoms with Crippen molar-refractivity contribution in [3.8, 4) is 0 Å². The van der Waals surface area contributed by atoms with Crippen molar-refractivity contribution >= 4 is 10.0 Å². The van der Waals surface area contributed by atoms with Crippen LogP contribution in [0.2, 0.25) is 0 Å². The van der Waals surface area contributed by atoms with E-state index in [0.717, 1.165) is 6.07 Å². The number of benzene rings is 1. The van der Waals surface area contributed by atoms with Crippen LogP contribution in [0.1, 0.15) is 12.5 Å². The molecule has 21 heavy (non-hydrogen) atoms. The van der Waals surface area contributed by atoms with E-state index in [9.17, 15) is 12.8 Å². The first-order chi connectivity index (χ1) is 9.77. The predicted octanol–water partition coefficient (Wildman–Crippen LogP) is 0.855. The monoisotopic (exact) mass is 315 g/mol. The molecule has 2 unspecified atom stereocenters. The van der Waals surface area contributed by atoms with Crippen LogP contribution in [0.5, 0.6) is 0 Å². The van der Waals surface area contributed by atoms with Gasteiger partial charge in [0.2, 0.25) is 10.0 Å². The van der Waals surface area contributed by atoms with E-state index in [1.165, 1.54) is 16.4 Å². The highest BCUT2D eigenvalue weighted by Gasteiger charge is 2.38. The summed E-state index contributed by atoms with van der Waals surface area (Å²) in [7, 11) is 0.289. The van der Waals surface area contributed by atoms with Gasteiger partial charge < -0.3 is 10.6 Å². The maximum atomic E-state index is 13.5. The third-order valence-electron chi connectivity index (χ3n) is 4.08. The van der Waals surface area contributed by atoms with E-state index in [0.29, 0.717) is 13.1 Å². The minimum Gasteiger partial charge on any atom is -0.326 e. The Balaban J connectivity index is 2.31. The Kier molecular flexibility index (Phi) is 4.67. The first kappa shape index (κ1) is 16.4. The van der Waals surface area contributed by atoms with Crippen LogP contribution >= 0.6 is 0 Å². The van der Waals surface area contributed by atoms with E-state index in [1.54, 1.807) is 0 Å². The molecule has 1 aromatic carbocycles. The minimum absolute atomic E-state index is 0.0219. The van der Waals surface area contributed by atoms with E-state index >= 15 is 0 Å². The molecule has 0 amide bonds. The molecule has 0 aliphatic carbocycles. The molecular weight excluding hydrogens is 293 g/mol. The van der Waals surface area contributed by atoms with Crippen molar-refractivity contribution in [3.05, 3.63) is 29.6 Å². The first-order valence-electron chi connectivity index (χ1n) is 6.92. The molecule has 7 heteroatoms. The molecule has 1 fully saturated rings. The summed E-state index contributed by atoms with van der Waals surface area (Å²) >= 11 is 0. The molecule has 0 aromatic heterocycles. The molecule has 0 bridgehead atoms. The fourth-order valence-electron chi connectivity index (χ4n) is 2.79. The Morgan fingerprint density at radius 3 is 2.57 bits per heavy atom. The number of hydrogen-bond acceptors (Lipinski definition) is 4. The van der Waals surface area contributed by atoms with Gasteiger partial charge in [-0.3, -0.25) is 0 Å². The summed E-state index contributed by atoms with van der Waals surface area (Å²) in [5.41, 5.74) is 5.66. The van der Waals surface area contributed by atoms with Gasteiger partial charge in [-0.05, 0) is 38.2 Å². The molecular formula is C14H22FN3O2S. The zero-order valence-corrected chi connectivity index (χ0v) is 13.4. The summed E-state index contributed by atoms with van der Waals surface area (Å²) in [6, 6.07) is 3.99. The van der Waals surface area contributed by atoms with Crippen LogP contribution in [-0.2, 0) is 16.6 Å². The number of likely N-dealkylation sites (N-methyl/N-ethyl adjacent to an activating group) is 1. The molecule has 0 spiro atoms. The molecule has 0 radical (unpaired) electrons. The van der Waals surface area contributed by atoms with Crippen LogP contribution in [-0.4, -0.2) is 50.8 Å². The van der Waals surface area contributed by atoms with Crippen molar-refractivity contribution in [2.75, 3.05) is 27.2 Å².